The zero-order chi connectivity index (χ0) is 24.2. The van der Waals surface area contributed by atoms with E-state index in [-0.39, 0.29) is 12.5 Å². The highest BCUT2D eigenvalue weighted by Gasteiger charge is 2.19. The van der Waals surface area contributed by atoms with Crippen molar-refractivity contribution in [3.05, 3.63) is 53.2 Å². The Morgan fingerprint density at radius 3 is 2.79 bits per heavy atom. The third-order valence-electron chi connectivity index (χ3n) is 5.55. The standard InChI is InChI=1S/C26H28ClN3O4/c1-4-5-13-30-15-18(10-12-23(31)32)19-7-6-8-20(24(19)30)25-28-26(34-29-25)17-9-11-22(21(27)14-17)33-16(2)3/h6-9,11,14-16H,4-5,10,12-13H2,1-3H3,(H,31,32). The second-order valence-corrected chi connectivity index (χ2v) is 8.94. The van der Waals surface area contributed by atoms with Crippen LogP contribution in [0.1, 0.15) is 45.6 Å². The Balaban J connectivity index is 1.73. The van der Waals surface area contributed by atoms with Crippen LogP contribution in [0, 0.1) is 0 Å². The Kier molecular flexibility index (Phi) is 7.22. The first-order valence-electron chi connectivity index (χ1n) is 11.5. The number of fused-ring (bicyclic) bond motifs is 1. The van der Waals surface area contributed by atoms with E-state index in [4.69, 9.17) is 26.0 Å². The van der Waals surface area contributed by atoms with Crippen LogP contribution in [0.4, 0.5) is 0 Å². The number of halogens is 1. The van der Waals surface area contributed by atoms with Gasteiger partial charge in [-0.3, -0.25) is 4.79 Å². The van der Waals surface area contributed by atoms with Crippen molar-refractivity contribution >= 4 is 28.5 Å². The van der Waals surface area contributed by atoms with Gasteiger partial charge in [-0.15, -0.1) is 0 Å². The summed E-state index contributed by atoms with van der Waals surface area (Å²) in [6, 6.07) is 11.3. The summed E-state index contributed by atoms with van der Waals surface area (Å²) in [5, 5.41) is 14.9. The molecular weight excluding hydrogens is 454 g/mol. The summed E-state index contributed by atoms with van der Waals surface area (Å²) >= 11 is 6.39. The van der Waals surface area contributed by atoms with Gasteiger partial charge in [0, 0.05) is 35.7 Å². The Bertz CT molecular complexity index is 1310. The number of nitrogens with zero attached hydrogens (tertiary/aromatic N) is 3. The number of aryl methyl sites for hydroxylation is 2. The maximum absolute atomic E-state index is 11.2. The molecule has 178 valence electrons. The summed E-state index contributed by atoms with van der Waals surface area (Å²) < 4.78 is 13.5. The van der Waals surface area contributed by atoms with E-state index in [0.717, 1.165) is 41.4 Å². The molecule has 0 radical (unpaired) electrons. The zero-order valence-corrected chi connectivity index (χ0v) is 20.3. The fourth-order valence-corrected chi connectivity index (χ4v) is 4.22. The van der Waals surface area contributed by atoms with Crippen LogP contribution in [-0.2, 0) is 17.8 Å². The van der Waals surface area contributed by atoms with Crippen molar-refractivity contribution in [3.8, 4) is 28.6 Å². The Hall–Kier alpha value is -3.32. The quantitative estimate of drug-likeness (QED) is 0.274. The van der Waals surface area contributed by atoms with E-state index >= 15 is 0 Å². The maximum Gasteiger partial charge on any atom is 0.303 e. The highest BCUT2D eigenvalue weighted by Crippen LogP contribution is 2.34. The average Bonchev–Trinajstić information content (AvgIpc) is 3.42. The van der Waals surface area contributed by atoms with Crippen LogP contribution in [0.15, 0.2) is 47.1 Å². The monoisotopic (exact) mass is 481 g/mol. The number of aliphatic carboxylic acids is 1. The molecule has 0 unspecified atom stereocenters. The molecule has 0 saturated heterocycles. The fourth-order valence-electron chi connectivity index (χ4n) is 3.99. The first kappa shape index (κ1) is 23.8. The molecule has 2 aromatic heterocycles. The molecule has 7 nitrogen and oxygen atoms in total. The molecule has 8 heteroatoms. The van der Waals surface area contributed by atoms with Crippen LogP contribution in [-0.4, -0.2) is 31.9 Å². The Labute approximate surface area is 203 Å². The SMILES string of the molecule is CCCCn1cc(CCC(=O)O)c2cccc(-c3noc(-c4ccc(OC(C)C)c(Cl)c4)n3)c21. The smallest absolute Gasteiger partial charge is 0.303 e. The molecule has 0 aliphatic heterocycles. The minimum absolute atomic E-state index is 0.0168. The fraction of sp³-hybridized carbons (Fsp3) is 0.346. The molecule has 2 aromatic carbocycles. The van der Waals surface area contributed by atoms with Crippen molar-refractivity contribution in [1.82, 2.24) is 14.7 Å². The van der Waals surface area contributed by atoms with E-state index in [1.165, 1.54) is 0 Å². The van der Waals surface area contributed by atoms with Gasteiger partial charge in [0.05, 0.1) is 16.6 Å². The molecule has 4 aromatic rings. The van der Waals surface area contributed by atoms with Gasteiger partial charge in [-0.05, 0) is 56.5 Å². The molecule has 0 saturated carbocycles. The summed E-state index contributed by atoms with van der Waals surface area (Å²) in [6.07, 6.45) is 4.69. The largest absolute Gasteiger partial charge is 0.489 e. The van der Waals surface area contributed by atoms with Gasteiger partial charge < -0.3 is 18.9 Å². The number of carbonyl (C=O) groups is 1. The van der Waals surface area contributed by atoms with Crippen LogP contribution >= 0.6 is 11.6 Å². The van der Waals surface area contributed by atoms with E-state index < -0.39 is 5.97 Å². The molecular formula is C26H28ClN3O4. The molecule has 0 atom stereocenters. The number of hydrogen-bond donors (Lipinski definition) is 1. The van der Waals surface area contributed by atoms with Gasteiger partial charge in [0.15, 0.2) is 0 Å². The molecule has 4 rings (SSSR count). The molecule has 0 spiro atoms. The third kappa shape index (κ3) is 5.09. The van der Waals surface area contributed by atoms with E-state index in [9.17, 15) is 4.79 Å². The van der Waals surface area contributed by atoms with Crippen molar-refractivity contribution in [3.63, 3.8) is 0 Å². The van der Waals surface area contributed by atoms with E-state index in [2.05, 4.69) is 27.8 Å². The number of rotatable bonds is 10. The molecule has 1 N–H and O–H groups in total. The number of carboxylic acid groups (broad SMARTS) is 1. The second kappa shape index (κ2) is 10.3. The summed E-state index contributed by atoms with van der Waals surface area (Å²) in [4.78, 5) is 15.8. The Morgan fingerprint density at radius 2 is 2.09 bits per heavy atom. The third-order valence-corrected chi connectivity index (χ3v) is 5.85. The summed E-state index contributed by atoms with van der Waals surface area (Å²) in [7, 11) is 0. The molecule has 0 bridgehead atoms. The maximum atomic E-state index is 11.2. The number of carboxylic acids is 1. The lowest BCUT2D eigenvalue weighted by Gasteiger charge is -2.11. The van der Waals surface area contributed by atoms with Crippen molar-refractivity contribution < 1.29 is 19.2 Å². The molecule has 0 fully saturated rings. The average molecular weight is 482 g/mol. The molecule has 0 aliphatic rings. The van der Waals surface area contributed by atoms with Crippen LogP contribution < -0.4 is 4.74 Å². The van der Waals surface area contributed by atoms with Crippen molar-refractivity contribution in [2.75, 3.05) is 0 Å². The van der Waals surface area contributed by atoms with Gasteiger partial charge >= 0.3 is 5.97 Å². The van der Waals surface area contributed by atoms with Gasteiger partial charge in [-0.2, -0.15) is 4.98 Å². The number of hydrogen-bond acceptors (Lipinski definition) is 5. The van der Waals surface area contributed by atoms with Crippen LogP contribution in [0.3, 0.4) is 0 Å². The van der Waals surface area contributed by atoms with Gasteiger partial charge in [-0.25, -0.2) is 0 Å². The van der Waals surface area contributed by atoms with Gasteiger partial charge in [0.25, 0.3) is 5.89 Å². The minimum atomic E-state index is -0.808. The van der Waals surface area contributed by atoms with E-state index in [0.29, 0.717) is 34.5 Å². The lowest BCUT2D eigenvalue weighted by atomic mass is 10.1. The highest BCUT2D eigenvalue weighted by molar-refractivity contribution is 6.32. The first-order valence-corrected chi connectivity index (χ1v) is 11.9. The van der Waals surface area contributed by atoms with Crippen molar-refractivity contribution in [2.24, 2.45) is 0 Å². The van der Waals surface area contributed by atoms with Gasteiger partial charge in [-0.1, -0.05) is 42.2 Å². The minimum Gasteiger partial charge on any atom is -0.489 e. The van der Waals surface area contributed by atoms with Gasteiger partial charge in [0.2, 0.25) is 5.82 Å². The molecule has 0 amide bonds. The predicted molar refractivity (Wildman–Crippen MR) is 132 cm³/mol. The molecule has 0 aliphatic carbocycles. The first-order chi connectivity index (χ1) is 16.4. The highest BCUT2D eigenvalue weighted by atomic mass is 35.5. The van der Waals surface area contributed by atoms with E-state index in [1.54, 1.807) is 12.1 Å². The Morgan fingerprint density at radius 1 is 1.26 bits per heavy atom. The lowest BCUT2D eigenvalue weighted by molar-refractivity contribution is -0.136. The molecule has 2 heterocycles. The second-order valence-electron chi connectivity index (χ2n) is 8.53. The summed E-state index contributed by atoms with van der Waals surface area (Å²) in [5.74, 6) is 0.632. The van der Waals surface area contributed by atoms with Crippen LogP contribution in [0.2, 0.25) is 5.02 Å². The number of unbranched alkanes of at least 4 members (excludes halogenated alkanes) is 1. The summed E-state index contributed by atoms with van der Waals surface area (Å²) in [6.45, 7) is 6.86. The predicted octanol–water partition coefficient (Wildman–Crippen LogP) is 6.62. The van der Waals surface area contributed by atoms with Gasteiger partial charge in [0.1, 0.15) is 5.75 Å². The molecule has 34 heavy (non-hydrogen) atoms. The number of ether oxygens (including phenoxy) is 1. The number of para-hydroxylation sites is 1. The zero-order valence-electron chi connectivity index (χ0n) is 19.5. The van der Waals surface area contributed by atoms with Crippen molar-refractivity contribution in [2.45, 2.75) is 59.1 Å². The van der Waals surface area contributed by atoms with Crippen LogP contribution in [0.5, 0.6) is 5.75 Å². The van der Waals surface area contributed by atoms with Crippen LogP contribution in [0.25, 0.3) is 33.7 Å². The number of aromatic nitrogens is 3. The number of benzene rings is 2. The lowest BCUT2D eigenvalue weighted by Crippen LogP contribution is -2.05. The van der Waals surface area contributed by atoms with Crippen molar-refractivity contribution in [1.29, 1.82) is 0 Å². The topological polar surface area (TPSA) is 90.4 Å². The normalized spacial score (nSPS) is 11.4. The van der Waals surface area contributed by atoms with E-state index in [1.807, 2.05) is 38.1 Å². The summed E-state index contributed by atoms with van der Waals surface area (Å²) in [5.41, 5.74) is 3.54.